The Hall–Kier alpha value is -3.06. The van der Waals surface area contributed by atoms with E-state index in [1.165, 1.54) is 0 Å². The molecule has 0 aliphatic carbocycles. The van der Waals surface area contributed by atoms with Crippen LogP contribution in [0.5, 0.6) is 0 Å². The molecule has 0 aliphatic rings. The molecule has 9 heteroatoms. The van der Waals surface area contributed by atoms with Crippen molar-refractivity contribution in [2.45, 2.75) is 12.0 Å². The Kier molecular flexibility index (Phi) is 4.82. The van der Waals surface area contributed by atoms with Crippen molar-refractivity contribution in [3.05, 3.63) is 75.7 Å². The van der Waals surface area contributed by atoms with E-state index in [0.717, 1.165) is 36.7 Å². The Morgan fingerprint density at radius 2 is 1.91 bits per heavy atom. The van der Waals surface area contributed by atoms with Crippen LogP contribution in [0, 0.1) is 17.5 Å². The zero-order valence-electron chi connectivity index (χ0n) is 11.4. The molecule has 1 N–H and O–H groups in total. The van der Waals surface area contributed by atoms with Gasteiger partial charge in [0.2, 0.25) is 0 Å². The van der Waals surface area contributed by atoms with E-state index in [9.17, 15) is 23.1 Å². The van der Waals surface area contributed by atoms with E-state index in [4.69, 9.17) is 5.53 Å². The SMILES string of the molecule is [N-]=[N+]=N[C@H](C(=O)O)[C@H](c1cncc(F)c1)c1ccc(F)c(F)c1. The third-order valence-electron chi connectivity index (χ3n) is 3.13. The number of pyridine rings is 1. The van der Waals surface area contributed by atoms with Gasteiger partial charge < -0.3 is 5.11 Å². The number of aromatic nitrogens is 1. The molecule has 23 heavy (non-hydrogen) atoms. The van der Waals surface area contributed by atoms with Gasteiger partial charge in [0.05, 0.1) is 6.20 Å². The Balaban J connectivity index is 2.65. The smallest absolute Gasteiger partial charge is 0.313 e. The van der Waals surface area contributed by atoms with E-state index in [0.29, 0.717) is 0 Å². The molecule has 1 aromatic carbocycles. The van der Waals surface area contributed by atoms with Gasteiger partial charge in [0.15, 0.2) is 11.6 Å². The van der Waals surface area contributed by atoms with Gasteiger partial charge in [-0.3, -0.25) is 9.78 Å². The highest BCUT2D eigenvalue weighted by molar-refractivity contribution is 5.76. The number of nitrogens with zero attached hydrogens (tertiary/aromatic N) is 4. The summed E-state index contributed by atoms with van der Waals surface area (Å²) in [5.74, 6) is -5.81. The fourth-order valence-corrected chi connectivity index (χ4v) is 2.18. The van der Waals surface area contributed by atoms with Gasteiger partial charge in [0.1, 0.15) is 11.9 Å². The topological polar surface area (TPSA) is 99.0 Å². The largest absolute Gasteiger partial charge is 0.481 e. The summed E-state index contributed by atoms with van der Waals surface area (Å²) < 4.78 is 39.9. The van der Waals surface area contributed by atoms with Crippen molar-refractivity contribution in [1.82, 2.24) is 4.98 Å². The molecule has 2 atom stereocenters. The van der Waals surface area contributed by atoms with Crippen LogP contribution in [0.1, 0.15) is 17.0 Å². The molecule has 1 aromatic heterocycles. The molecule has 0 aliphatic heterocycles. The van der Waals surface area contributed by atoms with Crippen molar-refractivity contribution in [3.8, 4) is 0 Å². The lowest BCUT2D eigenvalue weighted by atomic mass is 9.86. The van der Waals surface area contributed by atoms with Gasteiger partial charge in [0, 0.05) is 17.0 Å². The Morgan fingerprint density at radius 3 is 2.48 bits per heavy atom. The fraction of sp³-hybridized carbons (Fsp3) is 0.143. The lowest BCUT2D eigenvalue weighted by Gasteiger charge is -2.21. The quantitative estimate of drug-likeness (QED) is 0.519. The number of aliphatic carboxylic acids is 1. The Labute approximate surface area is 127 Å². The lowest BCUT2D eigenvalue weighted by molar-refractivity contribution is -0.138. The number of hydrogen-bond acceptors (Lipinski definition) is 3. The van der Waals surface area contributed by atoms with Crippen molar-refractivity contribution in [2.24, 2.45) is 5.11 Å². The number of halogens is 3. The van der Waals surface area contributed by atoms with Crippen LogP contribution in [0.25, 0.3) is 10.4 Å². The molecule has 0 saturated carbocycles. The second-order valence-electron chi connectivity index (χ2n) is 4.58. The number of benzene rings is 1. The van der Waals surface area contributed by atoms with Gasteiger partial charge in [-0.25, -0.2) is 13.2 Å². The lowest BCUT2D eigenvalue weighted by Crippen LogP contribution is -2.27. The number of hydrogen-bond donors (Lipinski definition) is 1. The molecule has 0 spiro atoms. The Morgan fingerprint density at radius 1 is 1.17 bits per heavy atom. The number of rotatable bonds is 5. The maximum atomic E-state index is 13.5. The van der Waals surface area contributed by atoms with Crippen molar-refractivity contribution < 1.29 is 23.1 Å². The predicted molar refractivity (Wildman–Crippen MR) is 73.0 cm³/mol. The van der Waals surface area contributed by atoms with Crippen LogP contribution in [0.3, 0.4) is 0 Å². The maximum Gasteiger partial charge on any atom is 0.313 e. The summed E-state index contributed by atoms with van der Waals surface area (Å²) >= 11 is 0. The minimum atomic E-state index is -1.69. The summed E-state index contributed by atoms with van der Waals surface area (Å²) in [6, 6.07) is 2.01. The third kappa shape index (κ3) is 3.58. The van der Waals surface area contributed by atoms with Gasteiger partial charge in [0.25, 0.3) is 0 Å². The van der Waals surface area contributed by atoms with Crippen molar-refractivity contribution in [2.75, 3.05) is 0 Å². The number of azide groups is 1. The third-order valence-corrected chi connectivity index (χ3v) is 3.13. The van der Waals surface area contributed by atoms with Gasteiger partial charge >= 0.3 is 5.97 Å². The molecule has 0 unspecified atom stereocenters. The highest BCUT2D eigenvalue weighted by Crippen LogP contribution is 2.31. The standard InChI is InChI=1S/C14H9F3N4O2/c15-9-3-8(5-19-6-9)12(13(14(22)23)20-21-18)7-1-2-10(16)11(17)4-7/h1-6,12-13H,(H,22,23)/t12-,13-/m0/s1. The average Bonchev–Trinajstić information content (AvgIpc) is 2.50. The van der Waals surface area contributed by atoms with E-state index in [-0.39, 0.29) is 11.1 Å². The van der Waals surface area contributed by atoms with Crippen LogP contribution in [-0.2, 0) is 4.79 Å². The first kappa shape index (κ1) is 16.3. The highest BCUT2D eigenvalue weighted by Gasteiger charge is 2.31. The highest BCUT2D eigenvalue weighted by atomic mass is 19.2. The predicted octanol–water partition coefficient (Wildman–Crippen LogP) is 3.39. The van der Waals surface area contributed by atoms with Crippen LogP contribution in [-0.4, -0.2) is 22.1 Å². The molecule has 2 rings (SSSR count). The van der Waals surface area contributed by atoms with Crippen LogP contribution >= 0.6 is 0 Å². The second kappa shape index (κ2) is 6.80. The van der Waals surface area contributed by atoms with Crippen molar-refractivity contribution in [3.63, 3.8) is 0 Å². The number of carbonyl (C=O) groups is 1. The first-order chi connectivity index (χ1) is 10.9. The van der Waals surface area contributed by atoms with Gasteiger partial charge in [-0.1, -0.05) is 11.2 Å². The monoisotopic (exact) mass is 322 g/mol. The summed E-state index contributed by atoms with van der Waals surface area (Å²) in [4.78, 5) is 17.4. The number of carboxylic acids is 1. The fourth-order valence-electron chi connectivity index (χ4n) is 2.18. The summed E-state index contributed by atoms with van der Waals surface area (Å²) in [5.41, 5.74) is 8.61. The van der Waals surface area contributed by atoms with E-state index in [2.05, 4.69) is 15.0 Å². The summed E-state index contributed by atoms with van der Waals surface area (Å²) in [7, 11) is 0. The summed E-state index contributed by atoms with van der Waals surface area (Å²) in [6.07, 6.45) is 2.06. The van der Waals surface area contributed by atoms with E-state index >= 15 is 0 Å². The van der Waals surface area contributed by atoms with Crippen LogP contribution in [0.15, 0.2) is 41.8 Å². The van der Waals surface area contributed by atoms with E-state index < -0.39 is 35.4 Å². The van der Waals surface area contributed by atoms with Crippen LogP contribution in [0.4, 0.5) is 13.2 Å². The first-order valence-corrected chi connectivity index (χ1v) is 6.26. The molecule has 6 nitrogen and oxygen atoms in total. The molecular formula is C14H9F3N4O2. The zero-order chi connectivity index (χ0) is 17.0. The van der Waals surface area contributed by atoms with Gasteiger partial charge in [-0.2, -0.15) is 0 Å². The second-order valence-corrected chi connectivity index (χ2v) is 4.58. The number of carboxylic acid groups (broad SMARTS) is 1. The molecule has 0 fully saturated rings. The van der Waals surface area contributed by atoms with Gasteiger partial charge in [-0.05, 0) is 34.9 Å². The minimum absolute atomic E-state index is 0.0103. The Bertz CT molecular complexity index is 791. The molecule has 2 aromatic rings. The average molecular weight is 322 g/mol. The van der Waals surface area contributed by atoms with Crippen LogP contribution < -0.4 is 0 Å². The van der Waals surface area contributed by atoms with E-state index in [1.807, 2.05) is 0 Å². The minimum Gasteiger partial charge on any atom is -0.481 e. The summed E-state index contributed by atoms with van der Waals surface area (Å²) in [6.45, 7) is 0. The molecule has 118 valence electrons. The molecule has 0 amide bonds. The molecule has 0 bridgehead atoms. The first-order valence-electron chi connectivity index (χ1n) is 6.26. The van der Waals surface area contributed by atoms with Gasteiger partial charge in [-0.15, -0.1) is 0 Å². The molecule has 0 saturated heterocycles. The van der Waals surface area contributed by atoms with Crippen molar-refractivity contribution in [1.29, 1.82) is 0 Å². The summed E-state index contributed by atoms with van der Waals surface area (Å²) in [5, 5.41) is 12.4. The molecule has 0 radical (unpaired) electrons. The van der Waals surface area contributed by atoms with Crippen molar-refractivity contribution >= 4 is 5.97 Å². The maximum absolute atomic E-state index is 13.5. The van der Waals surface area contributed by atoms with E-state index in [1.54, 1.807) is 0 Å². The molecule has 1 heterocycles. The zero-order valence-corrected chi connectivity index (χ0v) is 11.4. The normalized spacial score (nSPS) is 13.0. The van der Waals surface area contributed by atoms with Crippen LogP contribution in [0.2, 0.25) is 0 Å². The molecular weight excluding hydrogens is 313 g/mol.